The van der Waals surface area contributed by atoms with Gasteiger partial charge in [0.2, 0.25) is 0 Å². The number of amides is 1. The van der Waals surface area contributed by atoms with Gasteiger partial charge in [-0.05, 0) is 30.5 Å². The molecule has 0 unspecified atom stereocenters. The molecule has 174 valence electrons. The van der Waals surface area contributed by atoms with Gasteiger partial charge in [-0.15, -0.1) is 0 Å². The number of aromatic nitrogens is 2. The molecule has 1 amide bonds. The zero-order chi connectivity index (χ0) is 24.1. The number of nitrogens with zero attached hydrogens (tertiary/aromatic N) is 3. The highest BCUT2D eigenvalue weighted by atomic mass is 35.5. The van der Waals surface area contributed by atoms with E-state index in [4.69, 9.17) is 32.9 Å². The first-order chi connectivity index (χ1) is 15.7. The summed E-state index contributed by atoms with van der Waals surface area (Å²) in [5.74, 6) is -0.176. The number of ether oxygens (including phenoxy) is 1. The third-order valence-corrected chi connectivity index (χ3v) is 5.78. The largest absolute Gasteiger partial charge is 0.493 e. The minimum atomic E-state index is -0.521. The van der Waals surface area contributed by atoms with Crippen molar-refractivity contribution >= 4 is 35.8 Å². The predicted molar refractivity (Wildman–Crippen MR) is 123 cm³/mol. The normalized spacial score (nSPS) is 13.3. The molecule has 0 radical (unpaired) electrons. The third kappa shape index (κ3) is 5.46. The Bertz CT molecular complexity index is 1090. The third-order valence-electron chi connectivity index (χ3n) is 5.23. The van der Waals surface area contributed by atoms with E-state index in [-0.39, 0.29) is 36.9 Å². The van der Waals surface area contributed by atoms with Crippen molar-refractivity contribution in [1.82, 2.24) is 14.8 Å². The zero-order valence-corrected chi connectivity index (χ0v) is 19.2. The summed E-state index contributed by atoms with van der Waals surface area (Å²) in [4.78, 5) is 23.8. The van der Waals surface area contributed by atoms with E-state index in [0.29, 0.717) is 40.8 Å². The Morgan fingerprint density at radius 2 is 2.09 bits per heavy atom. The second-order valence-electron chi connectivity index (χ2n) is 7.61. The summed E-state index contributed by atoms with van der Waals surface area (Å²) in [7, 11) is 0. The number of halogens is 2. The number of nitrogens with two attached hydrogens (primary N) is 1. The van der Waals surface area contributed by atoms with E-state index in [1.165, 1.54) is 23.1 Å². The molecule has 1 aromatic carbocycles. The van der Waals surface area contributed by atoms with Crippen LogP contribution >= 0.6 is 11.6 Å². The first kappa shape index (κ1) is 24.1. The van der Waals surface area contributed by atoms with Crippen molar-refractivity contribution in [1.29, 1.82) is 10.8 Å². The molecule has 33 heavy (non-hydrogen) atoms. The smallest absolute Gasteiger partial charge is 0.328 e. The Hall–Kier alpha value is -3.53. The first-order valence-corrected chi connectivity index (χ1v) is 10.6. The first-order valence-electron chi connectivity index (χ1n) is 10.3. The van der Waals surface area contributed by atoms with Gasteiger partial charge >= 0.3 is 5.82 Å². The fourth-order valence-electron chi connectivity index (χ4n) is 3.47. The molecule has 1 aliphatic rings. The Morgan fingerprint density at radius 1 is 1.36 bits per heavy atom. The molecule has 1 aliphatic heterocycles. The molecule has 0 saturated carbocycles. The second kappa shape index (κ2) is 10.4. The molecule has 2 heterocycles. The number of hydrogen-bond donors (Lipinski definition) is 3. The number of benzene rings is 1. The highest BCUT2D eigenvalue weighted by molar-refractivity contribution is 6.31. The number of carbonyl (C=O) groups excluding carboxylic acids is 1. The van der Waals surface area contributed by atoms with Gasteiger partial charge in [-0.3, -0.25) is 15.6 Å². The summed E-state index contributed by atoms with van der Waals surface area (Å²) in [5, 5.41) is 14.9. The Balaban J connectivity index is 1.74. The molecule has 5 N–H and O–H groups in total. The maximum atomic E-state index is 13.9. The Morgan fingerprint density at radius 3 is 2.76 bits per heavy atom. The summed E-state index contributed by atoms with van der Waals surface area (Å²) < 4.78 is 19.5. The fourth-order valence-corrected chi connectivity index (χ4v) is 3.56. The molecule has 2 aromatic rings. The summed E-state index contributed by atoms with van der Waals surface area (Å²) in [6.07, 6.45) is 2.54. The van der Waals surface area contributed by atoms with Crippen LogP contribution in [0.1, 0.15) is 34.0 Å². The molecule has 1 aromatic heterocycles. The minimum Gasteiger partial charge on any atom is -0.493 e. The fraction of sp³-hybridized carbons (Fsp3) is 0.318. The molecule has 0 atom stereocenters. The van der Waals surface area contributed by atoms with Crippen molar-refractivity contribution in [3.05, 3.63) is 57.5 Å². The second-order valence-corrected chi connectivity index (χ2v) is 7.99. The lowest BCUT2D eigenvalue weighted by Crippen LogP contribution is -2.31. The van der Waals surface area contributed by atoms with Crippen LogP contribution in [0.15, 0.2) is 23.9 Å². The standard InChI is InChI=1S/C22H25ClFN7O2/c1-13-20(23)14(2)29-21(28-13)17-9-31(10-18(17)27)22(32)16-5-4-15(24)8-19(16)33-7-3-6-30(11-25)12-26/h4-5,8,11-12,25-26H,3,6-7,9-10,27H2,1-2H3/p+1. The molecular weight excluding hydrogens is 449 g/mol. The molecule has 0 spiro atoms. The lowest BCUT2D eigenvalue weighted by molar-refractivity contribution is -0.396. The van der Waals surface area contributed by atoms with Crippen molar-refractivity contribution in [3.8, 4) is 5.75 Å². The molecule has 9 nitrogen and oxygen atoms in total. The van der Waals surface area contributed by atoms with Crippen molar-refractivity contribution in [2.45, 2.75) is 20.3 Å². The van der Waals surface area contributed by atoms with Crippen LogP contribution in [0.25, 0.3) is 5.57 Å². The number of rotatable bonds is 9. The molecular formula is C22H26ClFN7O2+. The lowest BCUT2D eigenvalue weighted by atomic mass is 10.1. The van der Waals surface area contributed by atoms with E-state index in [9.17, 15) is 9.18 Å². The molecule has 0 bridgehead atoms. The van der Waals surface area contributed by atoms with E-state index in [1.54, 1.807) is 11.8 Å². The maximum Gasteiger partial charge on any atom is 0.328 e. The molecule has 11 heteroatoms. The monoisotopic (exact) mass is 474 g/mol. The van der Waals surface area contributed by atoms with Crippen LogP contribution in [0.5, 0.6) is 5.75 Å². The van der Waals surface area contributed by atoms with Crippen LogP contribution in [-0.4, -0.2) is 59.6 Å². The van der Waals surface area contributed by atoms with Gasteiger partial charge in [0.25, 0.3) is 5.91 Å². The minimum absolute atomic E-state index is 0.131. The van der Waals surface area contributed by atoms with Gasteiger partial charge in [0.05, 0.1) is 43.5 Å². The number of aromatic amines is 1. The van der Waals surface area contributed by atoms with Crippen LogP contribution in [0.2, 0.25) is 5.02 Å². The van der Waals surface area contributed by atoms with Crippen LogP contribution in [0.4, 0.5) is 4.39 Å². The molecule has 0 fully saturated rings. The van der Waals surface area contributed by atoms with Crippen LogP contribution in [-0.2, 0) is 0 Å². The molecule has 3 rings (SSSR count). The van der Waals surface area contributed by atoms with Crippen molar-refractivity contribution < 1.29 is 18.9 Å². The van der Waals surface area contributed by atoms with E-state index < -0.39 is 5.82 Å². The van der Waals surface area contributed by atoms with E-state index >= 15 is 0 Å². The maximum absolute atomic E-state index is 13.9. The van der Waals surface area contributed by atoms with Gasteiger partial charge < -0.3 is 20.3 Å². The topological polar surface area (TPSA) is 134 Å². The van der Waals surface area contributed by atoms with Crippen LogP contribution < -0.4 is 15.5 Å². The number of hydrogen-bond acceptors (Lipinski definition) is 6. The number of aryl methyl sites for hydroxylation is 2. The van der Waals surface area contributed by atoms with Gasteiger partial charge in [-0.2, -0.15) is 0 Å². The highest BCUT2D eigenvalue weighted by Gasteiger charge is 2.32. The van der Waals surface area contributed by atoms with Gasteiger partial charge in [0.15, 0.2) is 5.69 Å². The summed E-state index contributed by atoms with van der Waals surface area (Å²) in [5.41, 5.74) is 9.08. The predicted octanol–water partition coefficient (Wildman–Crippen LogP) is 2.42. The number of H-pyrrole nitrogens is 1. The van der Waals surface area contributed by atoms with Crippen LogP contribution in [0, 0.1) is 30.5 Å². The van der Waals surface area contributed by atoms with Crippen molar-refractivity contribution in [3.63, 3.8) is 0 Å². The molecule has 0 saturated heterocycles. The highest BCUT2D eigenvalue weighted by Crippen LogP contribution is 2.27. The quantitative estimate of drug-likeness (QED) is 0.291. The average Bonchev–Trinajstić information content (AvgIpc) is 3.18. The zero-order valence-electron chi connectivity index (χ0n) is 18.4. The van der Waals surface area contributed by atoms with Crippen molar-refractivity contribution in [2.75, 3.05) is 26.2 Å². The summed E-state index contributed by atoms with van der Waals surface area (Å²) >= 11 is 6.19. The van der Waals surface area contributed by atoms with Gasteiger partial charge in [0, 0.05) is 25.2 Å². The lowest BCUT2D eigenvalue weighted by Gasteiger charge is -2.19. The molecule has 0 aliphatic carbocycles. The van der Waals surface area contributed by atoms with E-state index in [1.807, 2.05) is 6.92 Å². The number of nitrogens with one attached hydrogen (secondary N) is 3. The number of carbonyl (C=O) groups is 1. The summed E-state index contributed by atoms with van der Waals surface area (Å²) in [6, 6.07) is 3.78. The summed E-state index contributed by atoms with van der Waals surface area (Å²) in [6.45, 7) is 4.65. The SMILES string of the molecule is Cc1nc(C2=C(N)CN(C(=O)c3ccc(F)cc3OCCCN(C=N)C=N)C2)[nH+]c(C)c1Cl. The van der Waals surface area contributed by atoms with Gasteiger partial charge in [0.1, 0.15) is 22.3 Å². The Kier molecular flexibility index (Phi) is 7.59. The van der Waals surface area contributed by atoms with Crippen LogP contribution in [0.3, 0.4) is 0 Å². The van der Waals surface area contributed by atoms with E-state index in [2.05, 4.69) is 9.97 Å². The van der Waals surface area contributed by atoms with Gasteiger partial charge in [-0.25, -0.2) is 9.37 Å². The van der Waals surface area contributed by atoms with Gasteiger partial charge in [-0.1, -0.05) is 11.6 Å². The van der Waals surface area contributed by atoms with Crippen molar-refractivity contribution in [2.24, 2.45) is 5.73 Å². The Labute approximate surface area is 196 Å². The van der Waals surface area contributed by atoms with E-state index in [0.717, 1.165) is 18.4 Å². The average molecular weight is 475 g/mol.